The lowest BCUT2D eigenvalue weighted by molar-refractivity contribution is 0.00610. The van der Waals surface area contributed by atoms with E-state index < -0.39 is 10.0 Å². The average Bonchev–Trinajstić information content (AvgIpc) is 2.62. The molecule has 8 heteroatoms. The summed E-state index contributed by atoms with van der Waals surface area (Å²) in [5, 5.41) is 0.307. The molecule has 2 fully saturated rings. The number of halogens is 1. The van der Waals surface area contributed by atoms with E-state index in [0.717, 1.165) is 39.1 Å². The standard InChI is InChI=1S/C16H23ClN2O4S/c1-22-16-3-2-14(12-15(16)17)24(20,21)19-6-4-13(5-7-19)18-8-10-23-11-9-18/h2-3,12-13H,4-11H2,1H3. The lowest BCUT2D eigenvalue weighted by Crippen LogP contribution is -2.50. The van der Waals surface area contributed by atoms with E-state index in [-0.39, 0.29) is 4.90 Å². The Bertz CT molecular complexity index is 669. The third-order valence-electron chi connectivity index (χ3n) is 4.75. The summed E-state index contributed by atoms with van der Waals surface area (Å²) in [5.41, 5.74) is 0. The summed E-state index contributed by atoms with van der Waals surface area (Å²) in [6.07, 6.45) is 1.70. The second-order valence-corrected chi connectivity index (χ2v) is 8.43. The van der Waals surface area contributed by atoms with Crippen molar-refractivity contribution in [2.45, 2.75) is 23.8 Å². The molecule has 2 aliphatic heterocycles. The highest BCUT2D eigenvalue weighted by Gasteiger charge is 2.32. The van der Waals surface area contributed by atoms with E-state index in [1.807, 2.05) is 0 Å². The van der Waals surface area contributed by atoms with Gasteiger partial charge in [-0.05, 0) is 31.0 Å². The van der Waals surface area contributed by atoms with Crippen LogP contribution >= 0.6 is 11.6 Å². The Labute approximate surface area is 148 Å². The number of methoxy groups -OCH3 is 1. The molecule has 0 aliphatic carbocycles. The van der Waals surface area contributed by atoms with Crippen LogP contribution in [0.15, 0.2) is 23.1 Å². The van der Waals surface area contributed by atoms with E-state index in [4.69, 9.17) is 21.1 Å². The van der Waals surface area contributed by atoms with Gasteiger partial charge < -0.3 is 9.47 Å². The molecule has 0 amide bonds. The number of nitrogens with zero attached hydrogens (tertiary/aromatic N) is 2. The van der Waals surface area contributed by atoms with Gasteiger partial charge in [0.1, 0.15) is 5.75 Å². The first-order valence-corrected chi connectivity index (χ1v) is 9.99. The van der Waals surface area contributed by atoms with Crippen molar-refractivity contribution in [3.63, 3.8) is 0 Å². The summed E-state index contributed by atoms with van der Waals surface area (Å²) in [6.45, 7) is 4.48. The maximum absolute atomic E-state index is 12.8. The van der Waals surface area contributed by atoms with Crippen molar-refractivity contribution in [1.29, 1.82) is 0 Å². The second kappa shape index (κ2) is 7.58. The Morgan fingerprint density at radius 1 is 1.17 bits per heavy atom. The van der Waals surface area contributed by atoms with Crippen LogP contribution in [0.1, 0.15) is 12.8 Å². The number of hydrogen-bond donors (Lipinski definition) is 0. The average molecular weight is 375 g/mol. The maximum atomic E-state index is 12.8. The lowest BCUT2D eigenvalue weighted by atomic mass is 10.0. The van der Waals surface area contributed by atoms with Crippen LogP contribution in [0, 0.1) is 0 Å². The van der Waals surface area contributed by atoms with Gasteiger partial charge in [0.2, 0.25) is 10.0 Å². The zero-order chi connectivity index (χ0) is 17.2. The van der Waals surface area contributed by atoms with E-state index in [9.17, 15) is 8.42 Å². The van der Waals surface area contributed by atoms with Crippen molar-refractivity contribution in [3.8, 4) is 5.75 Å². The van der Waals surface area contributed by atoms with Gasteiger partial charge in [-0.2, -0.15) is 4.31 Å². The molecule has 24 heavy (non-hydrogen) atoms. The maximum Gasteiger partial charge on any atom is 0.243 e. The molecular weight excluding hydrogens is 352 g/mol. The third-order valence-corrected chi connectivity index (χ3v) is 6.94. The number of benzene rings is 1. The molecule has 0 atom stereocenters. The van der Waals surface area contributed by atoms with Crippen molar-refractivity contribution in [1.82, 2.24) is 9.21 Å². The molecule has 2 aliphatic rings. The fourth-order valence-corrected chi connectivity index (χ4v) is 5.17. The van der Waals surface area contributed by atoms with Gasteiger partial charge in [0.05, 0.1) is 30.2 Å². The first-order valence-electron chi connectivity index (χ1n) is 8.18. The summed E-state index contributed by atoms with van der Waals surface area (Å²) >= 11 is 6.07. The molecule has 0 unspecified atom stereocenters. The highest BCUT2D eigenvalue weighted by Crippen LogP contribution is 2.30. The predicted octanol–water partition coefficient (Wildman–Crippen LogP) is 1.83. The number of sulfonamides is 1. The van der Waals surface area contributed by atoms with Gasteiger partial charge in [0.15, 0.2) is 0 Å². The van der Waals surface area contributed by atoms with E-state index in [0.29, 0.717) is 29.9 Å². The third kappa shape index (κ3) is 3.70. The molecule has 2 heterocycles. The number of hydrogen-bond acceptors (Lipinski definition) is 5. The van der Waals surface area contributed by atoms with Crippen LogP contribution in [0.25, 0.3) is 0 Å². The number of ether oxygens (including phenoxy) is 2. The quantitative estimate of drug-likeness (QED) is 0.804. The topological polar surface area (TPSA) is 59.1 Å². The van der Waals surface area contributed by atoms with Crippen LogP contribution in [-0.4, -0.2) is 70.2 Å². The van der Waals surface area contributed by atoms with Gasteiger partial charge in [-0.15, -0.1) is 0 Å². The van der Waals surface area contributed by atoms with E-state index in [2.05, 4.69) is 4.90 Å². The minimum Gasteiger partial charge on any atom is -0.495 e. The molecule has 2 saturated heterocycles. The molecule has 1 aromatic rings. The summed E-state index contributed by atoms with van der Waals surface area (Å²) < 4.78 is 37.7. The molecule has 0 bridgehead atoms. The lowest BCUT2D eigenvalue weighted by Gasteiger charge is -2.39. The molecule has 6 nitrogen and oxygen atoms in total. The number of piperidine rings is 1. The van der Waals surface area contributed by atoms with Crippen LogP contribution < -0.4 is 4.74 Å². The van der Waals surface area contributed by atoms with Gasteiger partial charge in [0.25, 0.3) is 0 Å². The monoisotopic (exact) mass is 374 g/mol. The van der Waals surface area contributed by atoms with E-state index in [1.165, 1.54) is 13.2 Å². The van der Waals surface area contributed by atoms with Crippen molar-refractivity contribution in [2.24, 2.45) is 0 Å². The Hall–Kier alpha value is -0.860. The smallest absolute Gasteiger partial charge is 0.243 e. The van der Waals surface area contributed by atoms with E-state index >= 15 is 0 Å². The van der Waals surface area contributed by atoms with Gasteiger partial charge in [-0.3, -0.25) is 4.90 Å². The summed E-state index contributed by atoms with van der Waals surface area (Å²) in [5.74, 6) is 0.474. The molecule has 0 spiro atoms. The molecule has 0 aromatic heterocycles. The zero-order valence-corrected chi connectivity index (χ0v) is 15.4. The highest BCUT2D eigenvalue weighted by molar-refractivity contribution is 7.89. The molecule has 1 aromatic carbocycles. The summed E-state index contributed by atoms with van der Waals surface area (Å²) in [6, 6.07) is 5.05. The van der Waals surface area contributed by atoms with Gasteiger partial charge in [-0.25, -0.2) is 8.42 Å². The molecule has 134 valence electrons. The summed E-state index contributed by atoms with van der Waals surface area (Å²) in [4.78, 5) is 2.63. The van der Waals surface area contributed by atoms with Crippen molar-refractivity contribution in [3.05, 3.63) is 23.2 Å². The van der Waals surface area contributed by atoms with Gasteiger partial charge in [0, 0.05) is 32.2 Å². The molecule has 0 radical (unpaired) electrons. The summed E-state index contributed by atoms with van der Waals surface area (Å²) in [7, 11) is -2.01. The SMILES string of the molecule is COc1ccc(S(=O)(=O)N2CCC(N3CCOCC3)CC2)cc1Cl. The van der Waals surface area contributed by atoms with Crippen LogP contribution in [0.2, 0.25) is 5.02 Å². The van der Waals surface area contributed by atoms with Gasteiger partial charge in [-0.1, -0.05) is 11.6 Å². The van der Waals surface area contributed by atoms with Crippen LogP contribution in [0.5, 0.6) is 5.75 Å². The molecule has 3 rings (SSSR count). The number of morpholine rings is 1. The first-order chi connectivity index (χ1) is 11.5. The Kier molecular flexibility index (Phi) is 5.66. The highest BCUT2D eigenvalue weighted by atomic mass is 35.5. The molecular formula is C16H23ClN2O4S. The second-order valence-electron chi connectivity index (χ2n) is 6.08. The Morgan fingerprint density at radius 3 is 2.42 bits per heavy atom. The van der Waals surface area contributed by atoms with Gasteiger partial charge >= 0.3 is 0 Å². The van der Waals surface area contributed by atoms with Crippen molar-refractivity contribution < 1.29 is 17.9 Å². The minimum absolute atomic E-state index is 0.220. The van der Waals surface area contributed by atoms with Crippen molar-refractivity contribution in [2.75, 3.05) is 46.5 Å². The van der Waals surface area contributed by atoms with Crippen molar-refractivity contribution >= 4 is 21.6 Å². The Balaban J connectivity index is 1.67. The largest absolute Gasteiger partial charge is 0.495 e. The fraction of sp³-hybridized carbons (Fsp3) is 0.625. The number of rotatable bonds is 4. The fourth-order valence-electron chi connectivity index (χ4n) is 3.35. The van der Waals surface area contributed by atoms with Crippen LogP contribution in [0.3, 0.4) is 0 Å². The predicted molar refractivity (Wildman–Crippen MR) is 92.2 cm³/mol. The Morgan fingerprint density at radius 2 is 1.83 bits per heavy atom. The first kappa shape index (κ1) is 17.9. The zero-order valence-electron chi connectivity index (χ0n) is 13.8. The normalized spacial score (nSPS) is 21.8. The van der Waals surface area contributed by atoms with Crippen LogP contribution in [0.4, 0.5) is 0 Å². The molecule has 0 saturated carbocycles. The molecule has 0 N–H and O–H groups in total. The van der Waals surface area contributed by atoms with Crippen LogP contribution in [-0.2, 0) is 14.8 Å². The van der Waals surface area contributed by atoms with E-state index in [1.54, 1.807) is 16.4 Å². The minimum atomic E-state index is -3.51.